The molecule has 15 heavy (non-hydrogen) atoms. The van der Waals surface area contributed by atoms with Crippen molar-refractivity contribution in [1.82, 2.24) is 4.98 Å². The van der Waals surface area contributed by atoms with Crippen LogP contribution in [-0.4, -0.2) is 11.5 Å². The van der Waals surface area contributed by atoms with Crippen molar-refractivity contribution in [1.29, 1.82) is 0 Å². The van der Waals surface area contributed by atoms with Gasteiger partial charge in [-0.25, -0.2) is 4.98 Å². The fraction of sp³-hybridized carbons (Fsp3) is 0.750. The van der Waals surface area contributed by atoms with E-state index in [9.17, 15) is 0 Å². The van der Waals surface area contributed by atoms with Gasteiger partial charge in [-0.2, -0.15) is 0 Å². The van der Waals surface area contributed by atoms with Gasteiger partial charge in [-0.15, -0.1) is 11.3 Å². The predicted molar refractivity (Wildman–Crippen MR) is 63.3 cm³/mol. The molecule has 2 aliphatic carbocycles. The van der Waals surface area contributed by atoms with Crippen molar-refractivity contribution >= 4 is 11.3 Å². The summed E-state index contributed by atoms with van der Waals surface area (Å²) in [7, 11) is 0. The second kappa shape index (κ2) is 3.56. The average Bonchev–Trinajstić information content (AvgIpc) is 2.91. The number of rotatable bonds is 4. The van der Waals surface area contributed by atoms with Crippen LogP contribution in [0.5, 0.6) is 0 Å². The summed E-state index contributed by atoms with van der Waals surface area (Å²) in [6.07, 6.45) is 7.81. The molecular weight excluding hydrogens is 204 g/mol. The second-order valence-electron chi connectivity index (χ2n) is 5.02. The minimum absolute atomic E-state index is 0.373. The monoisotopic (exact) mass is 222 g/mol. The fourth-order valence-electron chi connectivity index (χ4n) is 2.56. The molecule has 1 aromatic rings. The lowest BCUT2D eigenvalue weighted by molar-refractivity contribution is 0.223. The second-order valence-corrected chi connectivity index (χ2v) is 5.91. The van der Waals surface area contributed by atoms with Crippen molar-refractivity contribution in [3.8, 4) is 0 Å². The van der Waals surface area contributed by atoms with Gasteiger partial charge in [0.05, 0.1) is 10.7 Å². The molecule has 0 aliphatic heterocycles. The Labute approximate surface area is 94.9 Å². The topological polar surface area (TPSA) is 38.9 Å². The average molecular weight is 222 g/mol. The number of nitrogens with two attached hydrogens (primary N) is 1. The van der Waals surface area contributed by atoms with Gasteiger partial charge in [0.2, 0.25) is 0 Å². The summed E-state index contributed by atoms with van der Waals surface area (Å²) < 4.78 is 0. The molecule has 2 nitrogen and oxygen atoms in total. The molecule has 2 fully saturated rings. The molecular formula is C12H18N2S. The summed E-state index contributed by atoms with van der Waals surface area (Å²) >= 11 is 1.87. The molecule has 3 heteroatoms. The number of aromatic nitrogens is 1. The Kier molecular flexibility index (Phi) is 2.33. The van der Waals surface area contributed by atoms with Crippen LogP contribution in [0.1, 0.15) is 55.1 Å². The lowest BCUT2D eigenvalue weighted by Crippen LogP contribution is -2.36. The molecule has 2 saturated carbocycles. The SMILES string of the molecule is NCCC1(c2csc(C3CC3)n2)CCC1. The molecule has 1 aromatic heterocycles. The van der Waals surface area contributed by atoms with Crippen LogP contribution in [0, 0.1) is 0 Å². The largest absolute Gasteiger partial charge is 0.330 e. The Morgan fingerprint density at radius 2 is 2.27 bits per heavy atom. The highest BCUT2D eigenvalue weighted by molar-refractivity contribution is 7.09. The van der Waals surface area contributed by atoms with Gasteiger partial charge in [-0.3, -0.25) is 0 Å². The predicted octanol–water partition coefficient (Wildman–Crippen LogP) is 2.79. The van der Waals surface area contributed by atoms with E-state index in [0.29, 0.717) is 5.41 Å². The molecule has 0 spiro atoms. The first-order valence-electron chi connectivity index (χ1n) is 6.00. The third-order valence-corrected chi connectivity index (χ3v) is 4.93. The maximum absolute atomic E-state index is 5.72. The van der Waals surface area contributed by atoms with E-state index < -0.39 is 0 Å². The van der Waals surface area contributed by atoms with Gasteiger partial charge >= 0.3 is 0 Å². The molecule has 2 aliphatic rings. The highest BCUT2D eigenvalue weighted by Crippen LogP contribution is 2.48. The van der Waals surface area contributed by atoms with Gasteiger partial charge in [0, 0.05) is 16.7 Å². The normalized spacial score (nSPS) is 23.8. The summed E-state index contributed by atoms with van der Waals surface area (Å²) in [5, 5.41) is 3.68. The lowest BCUT2D eigenvalue weighted by Gasteiger charge is -2.40. The van der Waals surface area contributed by atoms with E-state index in [1.807, 2.05) is 11.3 Å². The maximum atomic E-state index is 5.72. The summed E-state index contributed by atoms with van der Waals surface area (Å²) in [6.45, 7) is 0.802. The third kappa shape index (κ3) is 1.62. The molecule has 0 atom stereocenters. The highest BCUT2D eigenvalue weighted by Gasteiger charge is 2.40. The first kappa shape index (κ1) is 9.79. The van der Waals surface area contributed by atoms with E-state index in [2.05, 4.69) is 5.38 Å². The molecule has 0 saturated heterocycles. The van der Waals surface area contributed by atoms with Gasteiger partial charge < -0.3 is 5.73 Å². The van der Waals surface area contributed by atoms with E-state index in [4.69, 9.17) is 10.7 Å². The van der Waals surface area contributed by atoms with Crippen LogP contribution in [0.15, 0.2) is 5.38 Å². The highest BCUT2D eigenvalue weighted by atomic mass is 32.1. The summed E-state index contributed by atoms with van der Waals surface area (Å²) in [5.41, 5.74) is 7.44. The van der Waals surface area contributed by atoms with Crippen molar-refractivity contribution in [2.45, 2.75) is 49.9 Å². The zero-order valence-corrected chi connectivity index (χ0v) is 9.85. The number of hydrogen-bond donors (Lipinski definition) is 1. The van der Waals surface area contributed by atoms with Crippen LogP contribution in [0.2, 0.25) is 0 Å². The van der Waals surface area contributed by atoms with Gasteiger partial charge in [0.1, 0.15) is 0 Å². The zero-order chi connectivity index (χ0) is 10.3. The van der Waals surface area contributed by atoms with Crippen LogP contribution in [0.3, 0.4) is 0 Å². The van der Waals surface area contributed by atoms with Crippen molar-refractivity contribution in [2.75, 3.05) is 6.54 Å². The van der Waals surface area contributed by atoms with Gasteiger partial charge in [-0.05, 0) is 38.6 Å². The first-order valence-corrected chi connectivity index (χ1v) is 6.88. The smallest absolute Gasteiger partial charge is 0.0959 e. The molecule has 0 unspecified atom stereocenters. The Bertz CT molecular complexity index is 350. The van der Waals surface area contributed by atoms with Crippen molar-refractivity contribution in [3.63, 3.8) is 0 Å². The molecule has 0 radical (unpaired) electrons. The van der Waals surface area contributed by atoms with Gasteiger partial charge in [0.15, 0.2) is 0 Å². The Morgan fingerprint density at radius 3 is 2.80 bits per heavy atom. The first-order chi connectivity index (χ1) is 7.34. The molecule has 0 bridgehead atoms. The molecule has 0 aromatic carbocycles. The lowest BCUT2D eigenvalue weighted by atomic mass is 9.65. The molecule has 3 rings (SSSR count). The standard InChI is InChI=1S/C12H18N2S/c13-7-6-12(4-1-5-12)10-8-15-11(14-10)9-2-3-9/h8-9H,1-7,13H2. The van der Waals surface area contributed by atoms with Crippen molar-refractivity contribution in [3.05, 3.63) is 16.1 Å². The van der Waals surface area contributed by atoms with E-state index in [0.717, 1.165) is 18.9 Å². The van der Waals surface area contributed by atoms with Crippen molar-refractivity contribution in [2.24, 2.45) is 5.73 Å². The van der Waals surface area contributed by atoms with Crippen LogP contribution in [0.25, 0.3) is 0 Å². The van der Waals surface area contributed by atoms with Crippen molar-refractivity contribution < 1.29 is 0 Å². The van der Waals surface area contributed by atoms with Crippen LogP contribution in [0.4, 0.5) is 0 Å². The molecule has 0 amide bonds. The quantitative estimate of drug-likeness (QED) is 0.850. The Balaban J connectivity index is 1.82. The van der Waals surface area contributed by atoms with E-state index in [1.54, 1.807) is 0 Å². The van der Waals surface area contributed by atoms with E-state index in [1.165, 1.54) is 42.8 Å². The maximum Gasteiger partial charge on any atom is 0.0959 e. The minimum Gasteiger partial charge on any atom is -0.330 e. The fourth-order valence-corrected chi connectivity index (χ4v) is 3.68. The molecule has 1 heterocycles. The summed E-state index contributed by atoms with van der Waals surface area (Å²) in [6, 6.07) is 0. The summed E-state index contributed by atoms with van der Waals surface area (Å²) in [5.74, 6) is 0.804. The van der Waals surface area contributed by atoms with Gasteiger partial charge in [0.25, 0.3) is 0 Å². The number of thiazole rings is 1. The Hall–Kier alpha value is -0.410. The van der Waals surface area contributed by atoms with Crippen LogP contribution >= 0.6 is 11.3 Å². The van der Waals surface area contributed by atoms with E-state index in [-0.39, 0.29) is 0 Å². The zero-order valence-electron chi connectivity index (χ0n) is 9.04. The van der Waals surface area contributed by atoms with Gasteiger partial charge in [-0.1, -0.05) is 6.42 Å². The van der Waals surface area contributed by atoms with Crippen LogP contribution < -0.4 is 5.73 Å². The number of hydrogen-bond acceptors (Lipinski definition) is 3. The van der Waals surface area contributed by atoms with E-state index >= 15 is 0 Å². The number of nitrogens with zero attached hydrogens (tertiary/aromatic N) is 1. The minimum atomic E-state index is 0.373. The molecule has 2 N–H and O–H groups in total. The molecule has 82 valence electrons. The Morgan fingerprint density at radius 1 is 1.47 bits per heavy atom. The third-order valence-electron chi connectivity index (χ3n) is 3.93. The van der Waals surface area contributed by atoms with Crippen LogP contribution in [-0.2, 0) is 5.41 Å². The summed E-state index contributed by atoms with van der Waals surface area (Å²) in [4.78, 5) is 4.85.